The monoisotopic (exact) mass is 173 g/mol. The van der Waals surface area contributed by atoms with E-state index in [9.17, 15) is 4.79 Å². The van der Waals surface area contributed by atoms with Gasteiger partial charge in [0.2, 0.25) is 0 Å². The molecular formula is C7H11NO2S. The van der Waals surface area contributed by atoms with Crippen LogP contribution in [0.3, 0.4) is 0 Å². The third-order valence-corrected chi connectivity index (χ3v) is 2.14. The summed E-state index contributed by atoms with van der Waals surface area (Å²) in [5.41, 5.74) is 0. The Kier molecular flexibility index (Phi) is 2.13. The molecule has 0 aromatic carbocycles. The van der Waals surface area contributed by atoms with Crippen molar-refractivity contribution >= 4 is 23.4 Å². The van der Waals surface area contributed by atoms with Crippen LogP contribution in [-0.4, -0.2) is 29.1 Å². The molecule has 62 valence electrons. The first kappa shape index (κ1) is 8.46. The molecule has 1 rings (SSSR count). The first-order valence-corrected chi connectivity index (χ1v) is 3.93. The second-order valence-electron chi connectivity index (χ2n) is 2.99. The molecule has 1 atom stereocenters. The highest BCUT2D eigenvalue weighted by Gasteiger charge is 2.37. The summed E-state index contributed by atoms with van der Waals surface area (Å²) in [5, 5.41) is 0.286. The van der Waals surface area contributed by atoms with Crippen LogP contribution >= 0.6 is 12.2 Å². The van der Waals surface area contributed by atoms with E-state index in [0.29, 0.717) is 0 Å². The van der Waals surface area contributed by atoms with Crippen molar-refractivity contribution in [1.29, 1.82) is 0 Å². The minimum Gasteiger partial charge on any atom is -0.397 e. The molecule has 1 aliphatic rings. The summed E-state index contributed by atoms with van der Waals surface area (Å²) in [7, 11) is 1.78. The summed E-state index contributed by atoms with van der Waals surface area (Å²) in [5.74, 6) is 0.0143. The molecule has 0 aromatic heterocycles. The Morgan fingerprint density at radius 1 is 1.64 bits per heavy atom. The highest BCUT2D eigenvalue weighted by Crippen LogP contribution is 2.18. The van der Waals surface area contributed by atoms with Gasteiger partial charge in [-0.25, -0.2) is 4.79 Å². The lowest BCUT2D eigenvalue weighted by Crippen LogP contribution is -2.35. The summed E-state index contributed by atoms with van der Waals surface area (Å²) in [6.45, 7) is 3.94. The molecule has 1 saturated heterocycles. The summed E-state index contributed by atoms with van der Waals surface area (Å²) in [6, 6.07) is -0.192. The number of rotatable bonds is 1. The minimum absolute atomic E-state index is 0.192. The smallest absolute Gasteiger partial charge is 0.336 e. The molecule has 0 radical (unpaired) electrons. The molecule has 1 aliphatic heterocycles. The maximum Gasteiger partial charge on any atom is 0.336 e. The van der Waals surface area contributed by atoms with E-state index in [1.165, 1.54) is 0 Å². The van der Waals surface area contributed by atoms with Gasteiger partial charge in [-0.1, -0.05) is 13.8 Å². The molecule has 0 spiro atoms. The van der Waals surface area contributed by atoms with Crippen LogP contribution < -0.4 is 0 Å². The second-order valence-corrected chi connectivity index (χ2v) is 3.34. The number of hydrogen-bond donors (Lipinski definition) is 0. The molecule has 0 aromatic rings. The summed E-state index contributed by atoms with van der Waals surface area (Å²) < 4.78 is 4.77. The largest absolute Gasteiger partial charge is 0.397 e. The van der Waals surface area contributed by atoms with Crippen molar-refractivity contribution in [2.45, 2.75) is 19.9 Å². The quantitative estimate of drug-likeness (QED) is 0.433. The van der Waals surface area contributed by atoms with Crippen LogP contribution in [0.1, 0.15) is 13.8 Å². The van der Waals surface area contributed by atoms with Crippen molar-refractivity contribution < 1.29 is 9.53 Å². The fraction of sp³-hybridized carbons (Fsp3) is 0.714. The van der Waals surface area contributed by atoms with Crippen LogP contribution in [0.25, 0.3) is 0 Å². The number of likely N-dealkylation sites (N-methyl/N-ethyl adjacent to an activating group) is 1. The van der Waals surface area contributed by atoms with Crippen molar-refractivity contribution in [3.8, 4) is 0 Å². The van der Waals surface area contributed by atoms with E-state index >= 15 is 0 Å². The first-order chi connectivity index (χ1) is 5.04. The molecular weight excluding hydrogens is 162 g/mol. The van der Waals surface area contributed by atoms with E-state index in [0.717, 1.165) is 0 Å². The number of hydrogen-bond acceptors (Lipinski definition) is 3. The molecule has 1 fully saturated rings. The van der Waals surface area contributed by atoms with E-state index in [2.05, 4.69) is 0 Å². The van der Waals surface area contributed by atoms with E-state index in [1.54, 1.807) is 11.9 Å². The van der Waals surface area contributed by atoms with Crippen molar-refractivity contribution in [2.24, 2.45) is 5.92 Å². The molecule has 11 heavy (non-hydrogen) atoms. The molecule has 3 nitrogen and oxygen atoms in total. The molecule has 0 amide bonds. The Morgan fingerprint density at radius 3 is 2.36 bits per heavy atom. The van der Waals surface area contributed by atoms with E-state index < -0.39 is 0 Å². The Bertz CT molecular complexity index is 203. The lowest BCUT2D eigenvalue weighted by Gasteiger charge is -2.18. The zero-order chi connectivity index (χ0) is 8.59. The number of nitrogens with zero attached hydrogens (tertiary/aromatic N) is 1. The normalized spacial score (nSPS) is 24.7. The lowest BCUT2D eigenvalue weighted by molar-refractivity contribution is -0.136. The van der Waals surface area contributed by atoms with Gasteiger partial charge < -0.3 is 9.64 Å². The molecule has 0 unspecified atom stereocenters. The lowest BCUT2D eigenvalue weighted by atomic mass is 10.1. The topological polar surface area (TPSA) is 29.5 Å². The van der Waals surface area contributed by atoms with Gasteiger partial charge in [-0.05, 0) is 18.1 Å². The van der Waals surface area contributed by atoms with Crippen molar-refractivity contribution in [3.05, 3.63) is 0 Å². The van der Waals surface area contributed by atoms with Crippen LogP contribution in [0.15, 0.2) is 0 Å². The Labute approximate surface area is 71.3 Å². The van der Waals surface area contributed by atoms with Gasteiger partial charge in [0.05, 0.1) is 0 Å². The Morgan fingerprint density at radius 2 is 2.18 bits per heavy atom. The van der Waals surface area contributed by atoms with Gasteiger partial charge in [0, 0.05) is 7.05 Å². The van der Waals surface area contributed by atoms with Gasteiger partial charge in [0.1, 0.15) is 6.04 Å². The third kappa shape index (κ3) is 1.35. The fourth-order valence-electron chi connectivity index (χ4n) is 1.21. The highest BCUT2D eigenvalue weighted by molar-refractivity contribution is 7.80. The van der Waals surface area contributed by atoms with E-state index in [4.69, 9.17) is 17.0 Å². The highest BCUT2D eigenvalue weighted by atomic mass is 32.1. The van der Waals surface area contributed by atoms with Crippen LogP contribution in [-0.2, 0) is 9.53 Å². The van der Waals surface area contributed by atoms with E-state index in [-0.39, 0.29) is 23.1 Å². The maximum absolute atomic E-state index is 11.1. The van der Waals surface area contributed by atoms with Crippen molar-refractivity contribution in [3.63, 3.8) is 0 Å². The van der Waals surface area contributed by atoms with Gasteiger partial charge in [-0.2, -0.15) is 0 Å². The summed E-state index contributed by atoms with van der Waals surface area (Å²) >= 11 is 4.80. The molecule has 1 heterocycles. The Balaban J connectivity index is 2.79. The van der Waals surface area contributed by atoms with Crippen LogP contribution in [0, 0.1) is 5.92 Å². The standard InChI is InChI=1S/C7H11NO2S/c1-4(2)5-6(9)10-7(11)8(5)3/h4-5H,1-3H3/t5-/m1/s1. The zero-order valence-corrected chi connectivity index (χ0v) is 7.64. The van der Waals surface area contributed by atoms with Gasteiger partial charge in [0.25, 0.3) is 5.17 Å². The van der Waals surface area contributed by atoms with Crippen LogP contribution in [0.4, 0.5) is 0 Å². The number of cyclic esters (lactones) is 1. The van der Waals surface area contributed by atoms with Crippen LogP contribution in [0.2, 0.25) is 0 Å². The summed E-state index contributed by atoms with van der Waals surface area (Å²) in [6.07, 6.45) is 0. The van der Waals surface area contributed by atoms with Gasteiger partial charge >= 0.3 is 5.97 Å². The number of ether oxygens (including phenoxy) is 1. The second kappa shape index (κ2) is 2.77. The zero-order valence-electron chi connectivity index (χ0n) is 6.83. The summed E-state index contributed by atoms with van der Waals surface area (Å²) in [4.78, 5) is 12.8. The number of carbonyl (C=O) groups is 1. The fourth-order valence-corrected chi connectivity index (χ4v) is 1.41. The average Bonchev–Trinajstić information content (AvgIpc) is 2.07. The maximum atomic E-state index is 11.1. The molecule has 0 bridgehead atoms. The van der Waals surface area contributed by atoms with Crippen molar-refractivity contribution in [1.82, 2.24) is 4.90 Å². The van der Waals surface area contributed by atoms with E-state index in [1.807, 2.05) is 13.8 Å². The predicted octanol–water partition coefficient (Wildman–Crippen LogP) is 0.784. The SMILES string of the molecule is CC(C)[C@@H]1C(=O)OC(=S)N1C. The minimum atomic E-state index is -0.229. The third-order valence-electron chi connectivity index (χ3n) is 1.77. The molecule has 0 saturated carbocycles. The van der Waals surface area contributed by atoms with Crippen molar-refractivity contribution in [2.75, 3.05) is 7.05 Å². The van der Waals surface area contributed by atoms with Gasteiger partial charge in [0.15, 0.2) is 0 Å². The molecule has 4 heteroatoms. The number of esters is 1. The van der Waals surface area contributed by atoms with Gasteiger partial charge in [-0.3, -0.25) is 0 Å². The number of thiocarbonyl (C=S) groups is 1. The first-order valence-electron chi connectivity index (χ1n) is 3.52. The van der Waals surface area contributed by atoms with Crippen LogP contribution in [0.5, 0.6) is 0 Å². The Hall–Kier alpha value is -0.640. The molecule has 0 N–H and O–H groups in total. The van der Waals surface area contributed by atoms with Gasteiger partial charge in [-0.15, -0.1) is 0 Å². The number of carbonyl (C=O) groups excluding carboxylic acids is 1. The molecule has 0 aliphatic carbocycles. The predicted molar refractivity (Wildman–Crippen MR) is 45.1 cm³/mol. The average molecular weight is 173 g/mol.